The maximum Gasteiger partial charge on any atom is 0.329 e. The van der Waals surface area contributed by atoms with Crippen molar-refractivity contribution < 1.29 is 9.84 Å². The van der Waals surface area contributed by atoms with Crippen molar-refractivity contribution in [3.63, 3.8) is 0 Å². The number of nitrogens with zero attached hydrogens (tertiary/aromatic N) is 3. The summed E-state index contributed by atoms with van der Waals surface area (Å²) in [5.41, 5.74) is -0.625. The molecule has 0 fully saturated rings. The van der Waals surface area contributed by atoms with Gasteiger partial charge >= 0.3 is 5.69 Å². The quantitative estimate of drug-likeness (QED) is 0.524. The fraction of sp³-hybridized carbons (Fsp3) is 0.316. The van der Waals surface area contributed by atoms with Crippen molar-refractivity contribution in [3.8, 4) is 5.75 Å². The highest BCUT2D eigenvalue weighted by Gasteiger charge is 2.20. The number of allylic oxidation sites excluding steroid dienone is 1. The predicted molar refractivity (Wildman–Crippen MR) is 114 cm³/mol. The third-order valence-electron chi connectivity index (χ3n) is 4.13. The molecule has 3 rings (SSSR count). The van der Waals surface area contributed by atoms with E-state index in [0.717, 1.165) is 0 Å². The average molecular weight is 437 g/mol. The number of aromatic nitrogens is 4. The maximum atomic E-state index is 12.4. The Morgan fingerprint density at radius 2 is 2.10 bits per heavy atom. The molecule has 0 aliphatic carbocycles. The molecular weight excluding hydrogens is 416 g/mol. The molecule has 29 heavy (non-hydrogen) atoms. The van der Waals surface area contributed by atoms with Gasteiger partial charge in [0.2, 0.25) is 0 Å². The molecule has 1 atom stereocenters. The van der Waals surface area contributed by atoms with Crippen molar-refractivity contribution in [2.45, 2.75) is 24.7 Å². The summed E-state index contributed by atoms with van der Waals surface area (Å²) in [6, 6.07) is 9.14. The molecule has 10 heteroatoms. The molecule has 2 aromatic heterocycles. The van der Waals surface area contributed by atoms with Gasteiger partial charge < -0.3 is 14.4 Å². The first-order valence-electron chi connectivity index (χ1n) is 8.87. The second kappa shape index (κ2) is 9.34. The number of nitrogens with one attached hydrogen (secondary N) is 1. The number of H-pyrrole nitrogens is 1. The molecule has 0 amide bonds. The first-order chi connectivity index (χ1) is 13.9. The summed E-state index contributed by atoms with van der Waals surface area (Å²) in [4.78, 5) is 31.1. The predicted octanol–water partition coefficient (Wildman–Crippen LogP) is 2.10. The molecule has 0 saturated carbocycles. The second-order valence-corrected chi connectivity index (χ2v) is 7.96. The number of para-hydroxylation sites is 1. The zero-order valence-electron chi connectivity index (χ0n) is 16.0. The van der Waals surface area contributed by atoms with Gasteiger partial charge in [0, 0.05) is 17.8 Å². The molecule has 1 aromatic carbocycles. The molecular formula is C19H21ClN4O4S. The fourth-order valence-corrected chi connectivity index (χ4v) is 3.82. The van der Waals surface area contributed by atoms with Crippen LogP contribution in [0, 0.1) is 0 Å². The van der Waals surface area contributed by atoms with E-state index in [1.54, 1.807) is 23.6 Å². The summed E-state index contributed by atoms with van der Waals surface area (Å²) >= 11 is 7.23. The minimum absolute atomic E-state index is 0.0398. The number of ether oxygens (including phenoxy) is 1. The van der Waals surface area contributed by atoms with E-state index >= 15 is 0 Å². The van der Waals surface area contributed by atoms with Crippen LogP contribution in [0.15, 0.2) is 56.2 Å². The van der Waals surface area contributed by atoms with Crippen LogP contribution in [-0.2, 0) is 13.6 Å². The molecule has 0 spiro atoms. The van der Waals surface area contributed by atoms with Gasteiger partial charge in [-0.3, -0.25) is 14.3 Å². The Balaban J connectivity index is 1.90. The Morgan fingerprint density at radius 1 is 1.38 bits per heavy atom. The molecule has 3 aromatic rings. The molecule has 0 aliphatic rings. The molecule has 0 bridgehead atoms. The molecule has 0 radical (unpaired) electrons. The number of hydrogen-bond acceptors (Lipinski definition) is 6. The highest BCUT2D eigenvalue weighted by Crippen LogP contribution is 2.23. The zero-order valence-corrected chi connectivity index (χ0v) is 17.5. The van der Waals surface area contributed by atoms with E-state index in [4.69, 9.17) is 16.3 Å². The van der Waals surface area contributed by atoms with Gasteiger partial charge in [-0.1, -0.05) is 47.6 Å². The van der Waals surface area contributed by atoms with Gasteiger partial charge in [0.15, 0.2) is 16.3 Å². The van der Waals surface area contributed by atoms with Gasteiger partial charge in [-0.05, 0) is 19.1 Å². The first kappa shape index (κ1) is 21.2. The zero-order chi connectivity index (χ0) is 21.0. The monoisotopic (exact) mass is 436 g/mol. The number of imidazole rings is 1. The summed E-state index contributed by atoms with van der Waals surface area (Å²) in [5.74, 6) is 1.17. The second-order valence-electron chi connectivity index (χ2n) is 6.38. The van der Waals surface area contributed by atoms with Crippen LogP contribution >= 0.6 is 23.4 Å². The number of fused-ring (bicyclic) bond motifs is 1. The van der Waals surface area contributed by atoms with E-state index in [1.165, 1.54) is 23.4 Å². The van der Waals surface area contributed by atoms with E-state index < -0.39 is 17.4 Å². The van der Waals surface area contributed by atoms with Crippen LogP contribution in [0.2, 0.25) is 0 Å². The number of hydrogen-bond donors (Lipinski definition) is 2. The smallest absolute Gasteiger partial charge is 0.329 e. The molecule has 8 nitrogen and oxygen atoms in total. The lowest BCUT2D eigenvalue weighted by Gasteiger charge is -2.15. The lowest BCUT2D eigenvalue weighted by molar-refractivity contribution is 0.0914. The number of thioether (sulfide) groups is 1. The standard InChI is InChI=1S/C19H21ClN4O4S/c1-12(20)8-9-29-19-21-16-15(17(26)22-18(27)23(16)2)24(19)10-13(25)11-28-14-6-4-3-5-7-14/h3-8,13,25H,9-11H2,1-2H3,(H,22,26,27)/b12-8-/t13-/m1/s1. The summed E-state index contributed by atoms with van der Waals surface area (Å²) in [6.45, 7) is 1.89. The van der Waals surface area contributed by atoms with Gasteiger partial charge in [0.1, 0.15) is 18.5 Å². The van der Waals surface area contributed by atoms with Crippen LogP contribution in [0.3, 0.4) is 0 Å². The number of aliphatic hydroxyl groups excluding tert-OH is 1. The van der Waals surface area contributed by atoms with E-state index in [2.05, 4.69) is 9.97 Å². The van der Waals surface area contributed by atoms with Crippen LogP contribution in [0.4, 0.5) is 0 Å². The average Bonchev–Trinajstić information content (AvgIpc) is 3.04. The summed E-state index contributed by atoms with van der Waals surface area (Å²) in [7, 11) is 1.53. The van der Waals surface area contributed by atoms with E-state index in [9.17, 15) is 14.7 Å². The van der Waals surface area contributed by atoms with Crippen molar-refractivity contribution in [1.82, 2.24) is 19.1 Å². The molecule has 0 aliphatic heterocycles. The van der Waals surface area contributed by atoms with E-state index in [0.29, 0.717) is 21.7 Å². The Labute approximate surface area is 175 Å². The van der Waals surface area contributed by atoms with Crippen molar-refractivity contribution in [2.24, 2.45) is 7.05 Å². The Kier molecular flexibility index (Phi) is 6.83. The number of halogens is 1. The van der Waals surface area contributed by atoms with Crippen LogP contribution in [0.5, 0.6) is 5.75 Å². The van der Waals surface area contributed by atoms with Crippen molar-refractivity contribution in [2.75, 3.05) is 12.4 Å². The number of aromatic amines is 1. The topological polar surface area (TPSA) is 102 Å². The summed E-state index contributed by atoms with van der Waals surface area (Å²) < 4.78 is 8.47. The SMILES string of the molecule is C/C(Cl)=C/CSc1nc2c(c(=O)[nH]c(=O)n2C)n1C[C@@H](O)COc1ccccc1. The Morgan fingerprint density at radius 3 is 2.79 bits per heavy atom. The number of rotatable bonds is 8. The largest absolute Gasteiger partial charge is 0.491 e. The van der Waals surface area contributed by atoms with Crippen LogP contribution < -0.4 is 16.0 Å². The highest BCUT2D eigenvalue weighted by molar-refractivity contribution is 7.99. The molecule has 0 unspecified atom stereocenters. The minimum atomic E-state index is -0.895. The van der Waals surface area contributed by atoms with Crippen molar-refractivity contribution in [3.05, 3.63) is 62.3 Å². The number of benzene rings is 1. The van der Waals surface area contributed by atoms with Crippen LogP contribution in [-0.4, -0.2) is 42.7 Å². The fourth-order valence-electron chi connectivity index (χ4n) is 2.70. The Hall–Kier alpha value is -2.49. The van der Waals surface area contributed by atoms with Crippen molar-refractivity contribution in [1.29, 1.82) is 0 Å². The molecule has 154 valence electrons. The van der Waals surface area contributed by atoms with Gasteiger partial charge in [-0.25, -0.2) is 9.78 Å². The molecule has 0 saturated heterocycles. The van der Waals surface area contributed by atoms with Gasteiger partial charge in [0.25, 0.3) is 5.56 Å². The minimum Gasteiger partial charge on any atom is -0.491 e. The lowest BCUT2D eigenvalue weighted by atomic mass is 10.3. The van der Waals surface area contributed by atoms with Crippen LogP contribution in [0.1, 0.15) is 6.92 Å². The molecule has 2 N–H and O–H groups in total. The van der Waals surface area contributed by atoms with Gasteiger partial charge in [-0.2, -0.15) is 0 Å². The first-order valence-corrected chi connectivity index (χ1v) is 10.2. The third kappa shape index (κ3) is 5.11. The lowest BCUT2D eigenvalue weighted by Crippen LogP contribution is -2.30. The highest BCUT2D eigenvalue weighted by atomic mass is 35.5. The van der Waals surface area contributed by atoms with Gasteiger partial charge in [-0.15, -0.1) is 0 Å². The van der Waals surface area contributed by atoms with E-state index in [1.807, 2.05) is 24.3 Å². The summed E-state index contributed by atoms with van der Waals surface area (Å²) in [5, 5.41) is 11.6. The normalized spacial score (nSPS) is 13.0. The third-order valence-corrected chi connectivity index (χ3v) is 5.19. The number of aliphatic hydroxyl groups is 1. The molecule has 2 heterocycles. The van der Waals surface area contributed by atoms with Crippen LogP contribution in [0.25, 0.3) is 11.2 Å². The van der Waals surface area contributed by atoms with Crippen molar-refractivity contribution >= 4 is 34.5 Å². The van der Waals surface area contributed by atoms with E-state index in [-0.39, 0.29) is 24.3 Å². The van der Waals surface area contributed by atoms with Gasteiger partial charge in [0.05, 0.1) is 6.54 Å². The number of aryl methyl sites for hydroxylation is 1. The Bertz CT molecular complexity index is 1130. The maximum absolute atomic E-state index is 12.4. The summed E-state index contributed by atoms with van der Waals surface area (Å²) in [6.07, 6.45) is 0.919.